The highest BCUT2D eigenvalue weighted by atomic mass is 35.5. The largest absolute Gasteiger partial charge is 0.384 e. The van der Waals surface area contributed by atoms with Crippen LogP contribution in [0.25, 0.3) is 11.3 Å². The van der Waals surface area contributed by atoms with E-state index in [0.717, 1.165) is 17.7 Å². The van der Waals surface area contributed by atoms with Gasteiger partial charge < -0.3 is 5.73 Å². The van der Waals surface area contributed by atoms with Crippen LogP contribution in [0.1, 0.15) is 12.7 Å². The van der Waals surface area contributed by atoms with Gasteiger partial charge in [0.05, 0.1) is 10.7 Å². The average Bonchev–Trinajstić information content (AvgIpc) is 2.28. The van der Waals surface area contributed by atoms with E-state index in [-0.39, 0.29) is 0 Å². The van der Waals surface area contributed by atoms with E-state index in [9.17, 15) is 0 Å². The second-order valence-electron chi connectivity index (χ2n) is 3.57. The van der Waals surface area contributed by atoms with Crippen molar-refractivity contribution in [2.75, 3.05) is 5.73 Å². The van der Waals surface area contributed by atoms with Crippen LogP contribution < -0.4 is 5.73 Å². The van der Waals surface area contributed by atoms with Crippen molar-refractivity contribution in [2.24, 2.45) is 0 Å². The zero-order chi connectivity index (χ0) is 12.4. The summed E-state index contributed by atoms with van der Waals surface area (Å²) in [5, 5.41) is 1.15. The fourth-order valence-corrected chi connectivity index (χ4v) is 2.02. The van der Waals surface area contributed by atoms with Gasteiger partial charge in [-0.05, 0) is 18.2 Å². The van der Waals surface area contributed by atoms with Crippen LogP contribution in [0, 0.1) is 0 Å². The Morgan fingerprint density at radius 3 is 2.59 bits per heavy atom. The molecule has 1 heterocycles. The number of nitrogen functional groups attached to an aromatic ring is 1. The zero-order valence-electron chi connectivity index (χ0n) is 9.24. The molecule has 2 rings (SSSR count). The predicted molar refractivity (Wildman–Crippen MR) is 71.3 cm³/mol. The van der Waals surface area contributed by atoms with Gasteiger partial charge in [0.2, 0.25) is 0 Å². The summed E-state index contributed by atoms with van der Waals surface area (Å²) in [4.78, 5) is 8.52. The molecule has 0 radical (unpaired) electrons. The molecule has 0 bridgehead atoms. The van der Waals surface area contributed by atoms with Gasteiger partial charge in [-0.1, -0.05) is 30.1 Å². The lowest BCUT2D eigenvalue weighted by Gasteiger charge is -2.06. The molecule has 17 heavy (non-hydrogen) atoms. The number of aryl methyl sites for hydroxylation is 1. The minimum Gasteiger partial charge on any atom is -0.384 e. The summed E-state index contributed by atoms with van der Waals surface area (Å²) < 4.78 is 0. The SMILES string of the molecule is CCc1nc(N)cc(-c2ccc(Cl)cc2Cl)n1. The third-order valence-electron chi connectivity index (χ3n) is 2.32. The van der Waals surface area contributed by atoms with Crippen LogP contribution in [-0.4, -0.2) is 9.97 Å². The van der Waals surface area contributed by atoms with Crippen LogP contribution in [0.15, 0.2) is 24.3 Å². The molecule has 5 heteroatoms. The Hall–Kier alpha value is -1.32. The van der Waals surface area contributed by atoms with E-state index in [1.54, 1.807) is 18.2 Å². The summed E-state index contributed by atoms with van der Waals surface area (Å²) >= 11 is 12.0. The van der Waals surface area contributed by atoms with Crippen LogP contribution in [-0.2, 0) is 6.42 Å². The normalized spacial score (nSPS) is 10.5. The van der Waals surface area contributed by atoms with E-state index >= 15 is 0 Å². The highest BCUT2D eigenvalue weighted by Gasteiger charge is 2.08. The predicted octanol–water partition coefficient (Wildman–Crippen LogP) is 3.60. The monoisotopic (exact) mass is 267 g/mol. The van der Waals surface area contributed by atoms with Gasteiger partial charge in [0, 0.05) is 23.1 Å². The molecule has 0 aliphatic carbocycles. The molecule has 0 saturated carbocycles. The lowest BCUT2D eigenvalue weighted by atomic mass is 10.1. The number of hydrogen-bond acceptors (Lipinski definition) is 3. The Bertz CT molecular complexity index is 555. The van der Waals surface area contributed by atoms with Crippen molar-refractivity contribution in [1.29, 1.82) is 0 Å². The summed E-state index contributed by atoms with van der Waals surface area (Å²) in [5.74, 6) is 1.14. The topological polar surface area (TPSA) is 51.8 Å². The van der Waals surface area contributed by atoms with Crippen LogP contribution in [0.2, 0.25) is 10.0 Å². The quantitative estimate of drug-likeness (QED) is 0.905. The number of hydrogen-bond donors (Lipinski definition) is 1. The molecular weight excluding hydrogens is 257 g/mol. The first-order valence-electron chi connectivity index (χ1n) is 5.19. The van der Waals surface area contributed by atoms with Gasteiger partial charge >= 0.3 is 0 Å². The summed E-state index contributed by atoms with van der Waals surface area (Å²) in [6.07, 6.45) is 0.725. The lowest BCUT2D eigenvalue weighted by Crippen LogP contribution is -2.00. The molecule has 1 aromatic heterocycles. The number of nitrogens with zero attached hydrogens (tertiary/aromatic N) is 2. The minimum absolute atomic E-state index is 0.442. The first-order chi connectivity index (χ1) is 8.10. The lowest BCUT2D eigenvalue weighted by molar-refractivity contribution is 0.949. The molecule has 0 fully saturated rings. The Morgan fingerprint density at radius 1 is 1.18 bits per heavy atom. The van der Waals surface area contributed by atoms with Crippen LogP contribution in [0.5, 0.6) is 0 Å². The number of benzene rings is 1. The second-order valence-corrected chi connectivity index (χ2v) is 4.42. The van der Waals surface area contributed by atoms with Gasteiger partial charge in [-0.3, -0.25) is 0 Å². The first kappa shape index (κ1) is 12.1. The number of halogens is 2. The number of rotatable bonds is 2. The van der Waals surface area contributed by atoms with Crippen LogP contribution in [0.3, 0.4) is 0 Å². The van der Waals surface area contributed by atoms with Crippen LogP contribution >= 0.6 is 23.2 Å². The van der Waals surface area contributed by atoms with E-state index in [1.165, 1.54) is 0 Å². The van der Waals surface area contributed by atoms with Crippen molar-refractivity contribution >= 4 is 29.0 Å². The maximum absolute atomic E-state index is 6.13. The molecular formula is C12H11Cl2N3. The molecule has 0 atom stereocenters. The van der Waals surface area contributed by atoms with Crippen molar-refractivity contribution in [3.63, 3.8) is 0 Å². The zero-order valence-corrected chi connectivity index (χ0v) is 10.8. The van der Waals surface area contributed by atoms with E-state index in [1.807, 2.05) is 13.0 Å². The third kappa shape index (κ3) is 2.68. The average molecular weight is 268 g/mol. The maximum atomic E-state index is 6.13. The molecule has 88 valence electrons. The third-order valence-corrected chi connectivity index (χ3v) is 2.86. The summed E-state index contributed by atoms with van der Waals surface area (Å²) in [6, 6.07) is 6.98. The molecule has 0 aliphatic rings. The highest BCUT2D eigenvalue weighted by molar-refractivity contribution is 6.36. The van der Waals surface area contributed by atoms with Crippen molar-refractivity contribution < 1.29 is 0 Å². The minimum atomic E-state index is 0.442. The molecule has 0 unspecified atom stereocenters. The summed E-state index contributed by atoms with van der Waals surface area (Å²) in [6.45, 7) is 1.97. The number of nitrogens with two attached hydrogens (primary N) is 1. The first-order valence-corrected chi connectivity index (χ1v) is 5.94. The van der Waals surface area contributed by atoms with Gasteiger partial charge in [-0.15, -0.1) is 0 Å². The van der Waals surface area contributed by atoms with Crippen molar-refractivity contribution in [3.8, 4) is 11.3 Å². The summed E-state index contributed by atoms with van der Waals surface area (Å²) in [7, 11) is 0. The Morgan fingerprint density at radius 2 is 1.94 bits per heavy atom. The molecule has 0 spiro atoms. The smallest absolute Gasteiger partial charge is 0.131 e. The Kier molecular flexibility index (Phi) is 3.50. The Labute approximate surface area is 110 Å². The molecule has 1 aromatic carbocycles. The molecule has 0 aliphatic heterocycles. The van der Waals surface area contributed by atoms with E-state index in [0.29, 0.717) is 21.7 Å². The van der Waals surface area contributed by atoms with E-state index in [2.05, 4.69) is 9.97 Å². The Balaban J connectivity index is 2.55. The van der Waals surface area contributed by atoms with Gasteiger partial charge in [0.1, 0.15) is 11.6 Å². The van der Waals surface area contributed by atoms with Gasteiger partial charge in [-0.25, -0.2) is 9.97 Å². The number of aromatic nitrogens is 2. The fourth-order valence-electron chi connectivity index (χ4n) is 1.51. The fraction of sp³-hybridized carbons (Fsp3) is 0.167. The van der Waals surface area contributed by atoms with Crippen molar-refractivity contribution in [3.05, 3.63) is 40.1 Å². The maximum Gasteiger partial charge on any atom is 0.131 e. The standard InChI is InChI=1S/C12H11Cl2N3/c1-2-12-16-10(6-11(15)17-12)8-4-3-7(13)5-9(8)14/h3-6H,2H2,1H3,(H2,15,16,17). The van der Waals surface area contributed by atoms with Gasteiger partial charge in [0.25, 0.3) is 0 Å². The van der Waals surface area contributed by atoms with Gasteiger partial charge in [0.15, 0.2) is 0 Å². The molecule has 2 aromatic rings. The van der Waals surface area contributed by atoms with Crippen LogP contribution in [0.4, 0.5) is 5.82 Å². The molecule has 0 amide bonds. The van der Waals surface area contributed by atoms with Gasteiger partial charge in [-0.2, -0.15) is 0 Å². The summed E-state index contributed by atoms with van der Waals surface area (Å²) in [5.41, 5.74) is 7.26. The highest BCUT2D eigenvalue weighted by Crippen LogP contribution is 2.29. The van der Waals surface area contributed by atoms with E-state index in [4.69, 9.17) is 28.9 Å². The van der Waals surface area contributed by atoms with Crippen molar-refractivity contribution in [1.82, 2.24) is 9.97 Å². The molecule has 0 saturated heterocycles. The van der Waals surface area contributed by atoms with Crippen molar-refractivity contribution in [2.45, 2.75) is 13.3 Å². The molecule has 3 nitrogen and oxygen atoms in total. The second kappa shape index (κ2) is 4.90. The molecule has 2 N–H and O–H groups in total. The number of anilines is 1. The van der Waals surface area contributed by atoms with E-state index < -0.39 is 0 Å².